The number of aryl methyl sites for hydroxylation is 1. The molecule has 0 spiro atoms. The molecule has 0 fully saturated rings. The van der Waals surface area contributed by atoms with Crippen LogP contribution >= 0.6 is 23.2 Å². The maximum atomic E-state index is 12.4. The smallest absolute Gasteiger partial charge is 0.207 e. The van der Waals surface area contributed by atoms with Crippen molar-refractivity contribution in [2.24, 2.45) is 0 Å². The summed E-state index contributed by atoms with van der Waals surface area (Å²) in [6, 6.07) is 12.0. The Labute approximate surface area is 154 Å². The molecule has 0 aliphatic carbocycles. The lowest BCUT2D eigenvalue weighted by atomic mass is 10.1. The minimum atomic E-state index is -3.58. The van der Waals surface area contributed by atoms with Gasteiger partial charge in [0.25, 0.3) is 0 Å². The zero-order valence-electron chi connectivity index (χ0n) is 13.6. The molecule has 0 heterocycles. The highest BCUT2D eigenvalue weighted by atomic mass is 35.5. The van der Waals surface area contributed by atoms with E-state index in [1.807, 2.05) is 12.1 Å². The minimum Gasteiger partial charge on any atom is -0.207 e. The average Bonchev–Trinajstić information content (AvgIpc) is 2.56. The topological polar surface area (TPSA) is 46.2 Å². The second-order valence-electron chi connectivity index (χ2n) is 5.66. The molecule has 0 aliphatic rings. The standard InChI is InChI=1S/C18H21Cl2NO2S/c1-2-3-4-5-14-6-9-17(10-7-14)24(22,23)21-13-15-12-16(19)8-11-18(15)20/h6-12,21H,2-5,13H2,1H3. The summed E-state index contributed by atoms with van der Waals surface area (Å²) in [6.45, 7) is 2.26. The highest BCUT2D eigenvalue weighted by Crippen LogP contribution is 2.21. The van der Waals surface area contributed by atoms with E-state index in [9.17, 15) is 8.42 Å². The Kier molecular flexibility index (Phi) is 7.11. The summed E-state index contributed by atoms with van der Waals surface area (Å²) >= 11 is 12.0. The van der Waals surface area contributed by atoms with Crippen molar-refractivity contribution >= 4 is 33.2 Å². The van der Waals surface area contributed by atoms with Crippen molar-refractivity contribution in [3.8, 4) is 0 Å². The average molecular weight is 386 g/mol. The van der Waals surface area contributed by atoms with E-state index in [-0.39, 0.29) is 11.4 Å². The van der Waals surface area contributed by atoms with Crippen LogP contribution in [0.4, 0.5) is 0 Å². The van der Waals surface area contributed by atoms with Gasteiger partial charge in [-0.15, -0.1) is 0 Å². The molecule has 6 heteroatoms. The molecule has 130 valence electrons. The zero-order chi connectivity index (χ0) is 17.6. The number of benzene rings is 2. The molecular weight excluding hydrogens is 365 g/mol. The van der Waals surface area contributed by atoms with Crippen molar-refractivity contribution in [1.29, 1.82) is 0 Å². The number of nitrogens with one attached hydrogen (secondary N) is 1. The number of halogens is 2. The summed E-state index contributed by atoms with van der Waals surface area (Å²) in [7, 11) is -3.58. The first-order chi connectivity index (χ1) is 11.4. The van der Waals surface area contributed by atoms with E-state index >= 15 is 0 Å². The fourth-order valence-electron chi connectivity index (χ4n) is 2.35. The molecule has 3 nitrogen and oxygen atoms in total. The summed E-state index contributed by atoms with van der Waals surface area (Å²) in [5, 5.41) is 0.999. The van der Waals surface area contributed by atoms with Gasteiger partial charge in [-0.1, -0.05) is 55.1 Å². The largest absolute Gasteiger partial charge is 0.240 e. The molecular formula is C18H21Cl2NO2S. The van der Waals surface area contributed by atoms with Crippen molar-refractivity contribution in [2.75, 3.05) is 0 Å². The second-order valence-corrected chi connectivity index (χ2v) is 8.27. The van der Waals surface area contributed by atoms with Crippen LogP contribution in [0.5, 0.6) is 0 Å². The summed E-state index contributed by atoms with van der Waals surface area (Å²) in [5.41, 5.74) is 1.80. The molecule has 2 aromatic carbocycles. The molecule has 0 aliphatic heterocycles. The number of rotatable bonds is 8. The molecule has 0 atom stereocenters. The van der Waals surface area contributed by atoms with Gasteiger partial charge in [0.05, 0.1) is 4.90 Å². The zero-order valence-corrected chi connectivity index (χ0v) is 15.9. The van der Waals surface area contributed by atoms with Gasteiger partial charge in [0, 0.05) is 16.6 Å². The lowest BCUT2D eigenvalue weighted by Crippen LogP contribution is -2.23. The van der Waals surface area contributed by atoms with Gasteiger partial charge in [-0.25, -0.2) is 13.1 Å². The van der Waals surface area contributed by atoms with Gasteiger partial charge in [0.1, 0.15) is 0 Å². The van der Waals surface area contributed by atoms with Gasteiger partial charge in [0.2, 0.25) is 10.0 Å². The Balaban J connectivity index is 2.03. The third kappa shape index (κ3) is 5.49. The van der Waals surface area contributed by atoms with E-state index in [2.05, 4.69) is 11.6 Å². The monoisotopic (exact) mass is 385 g/mol. The Morgan fingerprint density at radius 2 is 1.71 bits per heavy atom. The SMILES string of the molecule is CCCCCc1ccc(S(=O)(=O)NCc2cc(Cl)ccc2Cl)cc1. The predicted octanol–water partition coefficient (Wildman–Crippen LogP) is 5.20. The third-order valence-corrected chi connectivity index (χ3v) is 5.78. The molecule has 0 radical (unpaired) electrons. The van der Waals surface area contributed by atoms with E-state index in [4.69, 9.17) is 23.2 Å². The number of unbranched alkanes of at least 4 members (excludes halogenated alkanes) is 2. The molecule has 0 amide bonds. The van der Waals surface area contributed by atoms with Gasteiger partial charge >= 0.3 is 0 Å². The molecule has 0 bridgehead atoms. The van der Waals surface area contributed by atoms with Crippen molar-refractivity contribution in [1.82, 2.24) is 4.72 Å². The van der Waals surface area contributed by atoms with E-state index in [1.54, 1.807) is 30.3 Å². The van der Waals surface area contributed by atoms with Crippen LogP contribution in [0, 0.1) is 0 Å². The van der Waals surface area contributed by atoms with Crippen LogP contribution in [0.1, 0.15) is 37.3 Å². The van der Waals surface area contributed by atoms with Gasteiger partial charge in [-0.2, -0.15) is 0 Å². The Morgan fingerprint density at radius 3 is 2.38 bits per heavy atom. The molecule has 24 heavy (non-hydrogen) atoms. The minimum absolute atomic E-state index is 0.0972. The lowest BCUT2D eigenvalue weighted by molar-refractivity contribution is 0.581. The fourth-order valence-corrected chi connectivity index (χ4v) is 3.73. The highest BCUT2D eigenvalue weighted by Gasteiger charge is 2.14. The number of sulfonamides is 1. The molecule has 0 aromatic heterocycles. The van der Waals surface area contributed by atoms with Crippen molar-refractivity contribution in [3.63, 3.8) is 0 Å². The second kappa shape index (κ2) is 8.86. The van der Waals surface area contributed by atoms with Crippen molar-refractivity contribution < 1.29 is 8.42 Å². The van der Waals surface area contributed by atoms with Crippen LogP contribution in [0.3, 0.4) is 0 Å². The summed E-state index contributed by atoms with van der Waals surface area (Å²) in [5.74, 6) is 0. The summed E-state index contributed by atoms with van der Waals surface area (Å²) in [6.07, 6.45) is 4.44. The van der Waals surface area contributed by atoms with Crippen molar-refractivity contribution in [2.45, 2.75) is 44.0 Å². The van der Waals surface area contributed by atoms with Crippen molar-refractivity contribution in [3.05, 3.63) is 63.6 Å². The van der Waals surface area contributed by atoms with Crippen LogP contribution in [0.15, 0.2) is 47.4 Å². The molecule has 1 N–H and O–H groups in total. The molecule has 2 rings (SSSR count). The van der Waals surface area contributed by atoms with Crippen LogP contribution < -0.4 is 4.72 Å². The Morgan fingerprint density at radius 1 is 1.00 bits per heavy atom. The van der Waals surface area contributed by atoms with Crippen LogP contribution in [-0.2, 0) is 23.0 Å². The molecule has 0 saturated heterocycles. The lowest BCUT2D eigenvalue weighted by Gasteiger charge is -2.09. The maximum absolute atomic E-state index is 12.4. The normalized spacial score (nSPS) is 11.6. The first-order valence-electron chi connectivity index (χ1n) is 7.95. The van der Waals surface area contributed by atoms with Crippen LogP contribution in [0.25, 0.3) is 0 Å². The van der Waals surface area contributed by atoms with Crippen LogP contribution in [-0.4, -0.2) is 8.42 Å². The quantitative estimate of drug-likeness (QED) is 0.634. The molecule has 0 unspecified atom stereocenters. The van der Waals surface area contributed by atoms with E-state index in [1.165, 1.54) is 12.8 Å². The fraction of sp³-hybridized carbons (Fsp3) is 0.333. The predicted molar refractivity (Wildman–Crippen MR) is 100 cm³/mol. The van der Waals surface area contributed by atoms with Gasteiger partial charge < -0.3 is 0 Å². The highest BCUT2D eigenvalue weighted by molar-refractivity contribution is 7.89. The van der Waals surface area contributed by atoms with Gasteiger partial charge in [-0.3, -0.25) is 0 Å². The van der Waals surface area contributed by atoms with Gasteiger partial charge in [0.15, 0.2) is 0 Å². The Hall–Kier alpha value is -1.07. The number of hydrogen-bond acceptors (Lipinski definition) is 2. The van der Waals surface area contributed by atoms with E-state index < -0.39 is 10.0 Å². The van der Waals surface area contributed by atoms with Gasteiger partial charge in [-0.05, 0) is 54.3 Å². The van der Waals surface area contributed by atoms with E-state index in [0.717, 1.165) is 18.4 Å². The van der Waals surface area contributed by atoms with Crippen LogP contribution in [0.2, 0.25) is 10.0 Å². The maximum Gasteiger partial charge on any atom is 0.240 e. The Bertz CT molecular complexity index is 774. The molecule has 2 aromatic rings. The summed E-state index contributed by atoms with van der Waals surface area (Å²) < 4.78 is 27.3. The first kappa shape index (κ1) is 19.3. The first-order valence-corrected chi connectivity index (χ1v) is 10.2. The molecule has 0 saturated carbocycles. The third-order valence-electron chi connectivity index (χ3n) is 3.76. The number of hydrogen-bond donors (Lipinski definition) is 1. The summed E-state index contributed by atoms with van der Waals surface area (Å²) in [4.78, 5) is 0.250. The van der Waals surface area contributed by atoms with E-state index in [0.29, 0.717) is 15.6 Å².